The van der Waals surface area contributed by atoms with Crippen molar-refractivity contribution >= 4 is 0 Å². The molecule has 3 heteroatoms. The Labute approximate surface area is 161 Å². The van der Waals surface area contributed by atoms with Gasteiger partial charge < -0.3 is 9.47 Å². The topological polar surface area (TPSA) is 21.7 Å². The van der Waals surface area contributed by atoms with Crippen molar-refractivity contribution in [3.8, 4) is 16.9 Å². The molecule has 1 heterocycles. The van der Waals surface area contributed by atoms with Gasteiger partial charge in [0.1, 0.15) is 18.5 Å². The van der Waals surface area contributed by atoms with Gasteiger partial charge >= 0.3 is 0 Å². The predicted molar refractivity (Wildman–Crippen MR) is 109 cm³/mol. The summed E-state index contributed by atoms with van der Waals surface area (Å²) >= 11 is 0. The highest BCUT2D eigenvalue weighted by atomic mass is 16.5. The Bertz CT molecular complexity index is 835. The Hall–Kier alpha value is -2.62. The van der Waals surface area contributed by atoms with E-state index in [0.29, 0.717) is 6.61 Å². The van der Waals surface area contributed by atoms with Gasteiger partial charge in [0.25, 0.3) is 0 Å². The molecule has 1 aliphatic heterocycles. The van der Waals surface area contributed by atoms with Crippen LogP contribution in [0.2, 0.25) is 0 Å². The average Bonchev–Trinajstić information content (AvgIpc) is 2.74. The van der Waals surface area contributed by atoms with Crippen LogP contribution in [0.5, 0.6) is 5.75 Å². The number of hydrogen-bond donors (Lipinski definition) is 0. The number of benzene rings is 3. The smallest absolute Gasteiger partial charge is 0.120 e. The Morgan fingerprint density at radius 1 is 0.852 bits per heavy atom. The fourth-order valence-electron chi connectivity index (χ4n) is 3.45. The first-order chi connectivity index (χ1) is 13.4. The standard InChI is InChI=1S/C24H25NO2/c1-3-8-20(9-4-1)17-25-14-15-26-24(18-25)19-27-23-13-7-12-22(16-23)21-10-5-2-6-11-21/h1-13,16,24H,14-15,17-19H2/t24-/m0/s1. The summed E-state index contributed by atoms with van der Waals surface area (Å²) in [7, 11) is 0. The van der Waals surface area contributed by atoms with Crippen LogP contribution in [0.3, 0.4) is 0 Å². The molecule has 3 aromatic carbocycles. The second-order valence-corrected chi connectivity index (χ2v) is 6.92. The lowest BCUT2D eigenvalue weighted by Crippen LogP contribution is -2.44. The van der Waals surface area contributed by atoms with Crippen molar-refractivity contribution < 1.29 is 9.47 Å². The van der Waals surface area contributed by atoms with Gasteiger partial charge in [-0.25, -0.2) is 0 Å². The number of nitrogens with zero attached hydrogens (tertiary/aromatic N) is 1. The summed E-state index contributed by atoms with van der Waals surface area (Å²) in [6, 6.07) is 29.2. The molecule has 0 aliphatic carbocycles. The van der Waals surface area contributed by atoms with E-state index in [9.17, 15) is 0 Å². The lowest BCUT2D eigenvalue weighted by atomic mass is 10.1. The molecule has 0 N–H and O–H groups in total. The maximum atomic E-state index is 6.05. The molecular formula is C24H25NO2. The van der Waals surface area contributed by atoms with E-state index in [0.717, 1.165) is 32.0 Å². The van der Waals surface area contributed by atoms with Gasteiger partial charge in [-0.2, -0.15) is 0 Å². The van der Waals surface area contributed by atoms with Gasteiger partial charge in [-0.05, 0) is 28.8 Å². The number of hydrogen-bond acceptors (Lipinski definition) is 3. The van der Waals surface area contributed by atoms with Gasteiger partial charge in [0.05, 0.1) is 6.61 Å². The molecule has 27 heavy (non-hydrogen) atoms. The summed E-state index contributed by atoms with van der Waals surface area (Å²) in [5.41, 5.74) is 3.71. The highest BCUT2D eigenvalue weighted by Gasteiger charge is 2.21. The maximum Gasteiger partial charge on any atom is 0.120 e. The molecule has 1 fully saturated rings. The van der Waals surface area contributed by atoms with E-state index < -0.39 is 0 Å². The van der Waals surface area contributed by atoms with E-state index in [1.54, 1.807) is 0 Å². The van der Waals surface area contributed by atoms with Crippen LogP contribution in [0.1, 0.15) is 5.56 Å². The molecule has 0 unspecified atom stereocenters. The van der Waals surface area contributed by atoms with Crippen LogP contribution in [0.15, 0.2) is 84.9 Å². The molecule has 1 atom stereocenters. The molecule has 1 aliphatic rings. The van der Waals surface area contributed by atoms with Crippen LogP contribution in [0, 0.1) is 0 Å². The van der Waals surface area contributed by atoms with Crippen LogP contribution in [0.25, 0.3) is 11.1 Å². The SMILES string of the molecule is c1ccc(CN2CCO[C@H](COc3cccc(-c4ccccc4)c3)C2)cc1. The lowest BCUT2D eigenvalue weighted by Gasteiger charge is -2.32. The summed E-state index contributed by atoms with van der Waals surface area (Å²) in [5.74, 6) is 0.889. The van der Waals surface area contributed by atoms with E-state index >= 15 is 0 Å². The van der Waals surface area contributed by atoms with Gasteiger partial charge in [-0.3, -0.25) is 4.90 Å². The largest absolute Gasteiger partial charge is 0.491 e. The fraction of sp³-hybridized carbons (Fsp3) is 0.250. The summed E-state index contributed by atoms with van der Waals surface area (Å²) in [4.78, 5) is 2.44. The summed E-state index contributed by atoms with van der Waals surface area (Å²) in [6.45, 7) is 4.15. The predicted octanol–water partition coefficient (Wildman–Crippen LogP) is 4.63. The van der Waals surface area contributed by atoms with E-state index in [4.69, 9.17) is 9.47 Å². The zero-order valence-electron chi connectivity index (χ0n) is 15.5. The molecule has 0 radical (unpaired) electrons. The molecule has 0 aromatic heterocycles. The third kappa shape index (κ3) is 4.97. The number of rotatable bonds is 6. The summed E-state index contributed by atoms with van der Waals surface area (Å²) in [5, 5.41) is 0. The monoisotopic (exact) mass is 359 g/mol. The molecule has 0 spiro atoms. The van der Waals surface area contributed by atoms with Gasteiger partial charge in [0.15, 0.2) is 0 Å². The maximum absolute atomic E-state index is 6.05. The highest BCUT2D eigenvalue weighted by Crippen LogP contribution is 2.24. The zero-order valence-corrected chi connectivity index (χ0v) is 15.5. The average molecular weight is 359 g/mol. The molecule has 4 rings (SSSR count). The summed E-state index contributed by atoms with van der Waals surface area (Å²) < 4.78 is 12.0. The van der Waals surface area contributed by atoms with E-state index in [1.165, 1.54) is 16.7 Å². The second-order valence-electron chi connectivity index (χ2n) is 6.92. The number of ether oxygens (including phenoxy) is 2. The molecule has 3 aromatic rings. The van der Waals surface area contributed by atoms with Crippen molar-refractivity contribution in [1.29, 1.82) is 0 Å². The van der Waals surface area contributed by atoms with E-state index in [-0.39, 0.29) is 6.10 Å². The van der Waals surface area contributed by atoms with Gasteiger partial charge in [0, 0.05) is 19.6 Å². The molecule has 0 bridgehead atoms. The minimum Gasteiger partial charge on any atom is -0.491 e. The Morgan fingerprint density at radius 3 is 2.41 bits per heavy atom. The van der Waals surface area contributed by atoms with Crippen molar-refractivity contribution in [1.82, 2.24) is 4.90 Å². The van der Waals surface area contributed by atoms with Gasteiger partial charge in [-0.15, -0.1) is 0 Å². The van der Waals surface area contributed by atoms with Crippen molar-refractivity contribution in [3.05, 3.63) is 90.5 Å². The highest BCUT2D eigenvalue weighted by molar-refractivity contribution is 5.64. The van der Waals surface area contributed by atoms with Gasteiger partial charge in [0.2, 0.25) is 0 Å². The van der Waals surface area contributed by atoms with Crippen molar-refractivity contribution in [2.75, 3.05) is 26.3 Å². The second kappa shape index (κ2) is 8.85. The minimum atomic E-state index is 0.0999. The third-order valence-electron chi connectivity index (χ3n) is 4.85. The van der Waals surface area contributed by atoms with Crippen LogP contribution >= 0.6 is 0 Å². The third-order valence-corrected chi connectivity index (χ3v) is 4.85. The first kappa shape index (κ1) is 17.8. The molecular weight excluding hydrogens is 334 g/mol. The lowest BCUT2D eigenvalue weighted by molar-refractivity contribution is -0.0504. The normalized spacial score (nSPS) is 17.6. The van der Waals surface area contributed by atoms with Crippen LogP contribution in [-0.4, -0.2) is 37.3 Å². The fourth-order valence-corrected chi connectivity index (χ4v) is 3.45. The Balaban J connectivity index is 1.33. The van der Waals surface area contributed by atoms with Crippen LogP contribution in [0.4, 0.5) is 0 Å². The first-order valence-corrected chi connectivity index (χ1v) is 9.53. The van der Waals surface area contributed by atoms with Crippen molar-refractivity contribution in [2.45, 2.75) is 12.6 Å². The molecule has 138 valence electrons. The van der Waals surface area contributed by atoms with Crippen LogP contribution < -0.4 is 4.74 Å². The number of morpholine rings is 1. The summed E-state index contributed by atoms with van der Waals surface area (Å²) in [6.07, 6.45) is 0.0999. The molecule has 1 saturated heterocycles. The molecule has 0 saturated carbocycles. The minimum absolute atomic E-state index is 0.0999. The molecule has 0 amide bonds. The zero-order chi connectivity index (χ0) is 18.3. The van der Waals surface area contributed by atoms with Gasteiger partial charge in [-0.1, -0.05) is 72.8 Å². The first-order valence-electron chi connectivity index (χ1n) is 9.53. The van der Waals surface area contributed by atoms with Crippen molar-refractivity contribution in [2.24, 2.45) is 0 Å². The molecule has 3 nitrogen and oxygen atoms in total. The quantitative estimate of drug-likeness (QED) is 0.640. The Morgan fingerprint density at radius 2 is 1.59 bits per heavy atom. The van der Waals surface area contributed by atoms with Crippen molar-refractivity contribution in [3.63, 3.8) is 0 Å². The van der Waals surface area contributed by atoms with E-state index in [2.05, 4.69) is 71.6 Å². The van der Waals surface area contributed by atoms with E-state index in [1.807, 2.05) is 18.2 Å². The van der Waals surface area contributed by atoms with Crippen LogP contribution in [-0.2, 0) is 11.3 Å². The Kier molecular flexibility index (Phi) is 5.83.